The Labute approximate surface area is 208 Å². The third kappa shape index (κ3) is 6.07. The molecule has 1 aliphatic rings. The molecular weight excluding hydrogens is 460 g/mol. The molecule has 0 aromatic heterocycles. The van der Waals surface area contributed by atoms with E-state index in [1.807, 2.05) is 66.7 Å². The van der Waals surface area contributed by atoms with Crippen molar-refractivity contribution in [3.8, 4) is 0 Å². The summed E-state index contributed by atoms with van der Waals surface area (Å²) in [5.41, 5.74) is 1.42. The maximum atomic E-state index is 13.3. The van der Waals surface area contributed by atoms with Gasteiger partial charge in [0.25, 0.3) is 0 Å². The van der Waals surface area contributed by atoms with Crippen molar-refractivity contribution in [2.75, 3.05) is 5.32 Å². The van der Waals surface area contributed by atoms with E-state index in [1.54, 1.807) is 6.07 Å². The average Bonchev–Trinajstić information content (AvgIpc) is 2.88. The summed E-state index contributed by atoms with van der Waals surface area (Å²) in [4.78, 5) is 49.6. The number of carboxylic acid groups (broad SMARTS) is 2. The van der Waals surface area contributed by atoms with Gasteiger partial charge in [-0.1, -0.05) is 60.7 Å². The number of carbonyl (C=O) groups excluding carboxylic acids is 2. The van der Waals surface area contributed by atoms with Gasteiger partial charge in [-0.15, -0.1) is 0 Å². The zero-order chi connectivity index (χ0) is 25.7. The fourth-order valence-electron chi connectivity index (χ4n) is 4.78. The fourth-order valence-corrected chi connectivity index (χ4v) is 4.78. The second kappa shape index (κ2) is 11.0. The Hall–Kier alpha value is -4.20. The van der Waals surface area contributed by atoms with Crippen molar-refractivity contribution in [2.24, 2.45) is 17.8 Å². The van der Waals surface area contributed by atoms with E-state index >= 15 is 0 Å². The molecule has 0 bridgehead atoms. The fraction of sp³-hybridized carbons (Fsp3) is 0.286. The number of fused-ring (bicyclic) bond motifs is 1. The largest absolute Gasteiger partial charge is 0.481 e. The smallest absolute Gasteiger partial charge is 0.306 e. The summed E-state index contributed by atoms with van der Waals surface area (Å²) in [6.45, 7) is 0. The number of nitrogens with one attached hydrogen (secondary N) is 2. The molecule has 3 atom stereocenters. The highest BCUT2D eigenvalue weighted by Crippen LogP contribution is 2.34. The average molecular weight is 489 g/mol. The molecule has 36 heavy (non-hydrogen) atoms. The van der Waals surface area contributed by atoms with E-state index < -0.39 is 47.5 Å². The van der Waals surface area contributed by atoms with Gasteiger partial charge in [-0.05, 0) is 47.7 Å². The van der Waals surface area contributed by atoms with Gasteiger partial charge in [-0.3, -0.25) is 19.2 Å². The van der Waals surface area contributed by atoms with Crippen LogP contribution in [0.5, 0.6) is 0 Å². The highest BCUT2D eigenvalue weighted by atomic mass is 16.4. The van der Waals surface area contributed by atoms with Crippen molar-refractivity contribution in [1.29, 1.82) is 0 Å². The van der Waals surface area contributed by atoms with Crippen LogP contribution in [0.4, 0.5) is 5.69 Å². The molecule has 8 nitrogen and oxygen atoms in total. The summed E-state index contributed by atoms with van der Waals surface area (Å²) in [5, 5.41) is 26.5. The highest BCUT2D eigenvalue weighted by Gasteiger charge is 2.40. The Morgan fingerprint density at radius 1 is 0.750 bits per heavy atom. The van der Waals surface area contributed by atoms with E-state index in [2.05, 4.69) is 10.6 Å². The summed E-state index contributed by atoms with van der Waals surface area (Å²) in [7, 11) is 0. The lowest BCUT2D eigenvalue weighted by Gasteiger charge is -2.31. The Balaban J connectivity index is 1.53. The minimum atomic E-state index is -1.12. The Bertz CT molecular complexity index is 1250. The molecule has 2 amide bonds. The van der Waals surface area contributed by atoms with Crippen molar-refractivity contribution in [1.82, 2.24) is 5.32 Å². The minimum Gasteiger partial charge on any atom is -0.481 e. The van der Waals surface area contributed by atoms with Crippen LogP contribution >= 0.6 is 0 Å². The molecule has 0 heterocycles. The van der Waals surface area contributed by atoms with E-state index in [0.717, 1.165) is 16.3 Å². The van der Waals surface area contributed by atoms with Crippen LogP contribution in [0, 0.1) is 17.8 Å². The second-order valence-electron chi connectivity index (χ2n) is 9.28. The molecule has 3 aromatic rings. The van der Waals surface area contributed by atoms with Crippen molar-refractivity contribution < 1.29 is 29.4 Å². The highest BCUT2D eigenvalue weighted by molar-refractivity contribution is 5.99. The monoisotopic (exact) mass is 488 g/mol. The molecular formula is C28H28N2O6. The summed E-state index contributed by atoms with van der Waals surface area (Å²) in [6.07, 6.45) is 0.290. The summed E-state index contributed by atoms with van der Waals surface area (Å²) < 4.78 is 0. The van der Waals surface area contributed by atoms with Gasteiger partial charge in [0.2, 0.25) is 11.8 Å². The van der Waals surface area contributed by atoms with Crippen LogP contribution in [-0.2, 0) is 25.6 Å². The lowest BCUT2D eigenvalue weighted by Crippen LogP contribution is -2.49. The normalized spacial score (nSPS) is 20.3. The predicted octanol–water partition coefficient (Wildman–Crippen LogP) is 3.71. The summed E-state index contributed by atoms with van der Waals surface area (Å²) in [6, 6.07) is 21.6. The second-order valence-corrected chi connectivity index (χ2v) is 9.28. The summed E-state index contributed by atoms with van der Waals surface area (Å²) >= 11 is 0. The zero-order valence-electron chi connectivity index (χ0n) is 19.6. The molecule has 186 valence electrons. The molecule has 4 N–H and O–H groups in total. The van der Waals surface area contributed by atoms with Crippen LogP contribution in [0.1, 0.15) is 24.8 Å². The number of rotatable bonds is 8. The molecule has 8 heteroatoms. The van der Waals surface area contributed by atoms with Gasteiger partial charge in [0.05, 0.1) is 11.8 Å². The number of hydrogen-bond donors (Lipinski definition) is 4. The molecule has 3 aromatic carbocycles. The molecule has 1 aliphatic carbocycles. The quantitative estimate of drug-likeness (QED) is 0.382. The molecule has 1 fully saturated rings. The third-order valence-electron chi connectivity index (χ3n) is 6.71. The lowest BCUT2D eigenvalue weighted by atomic mass is 9.74. The van der Waals surface area contributed by atoms with E-state index in [-0.39, 0.29) is 25.7 Å². The molecule has 0 spiro atoms. The molecule has 0 radical (unpaired) electrons. The van der Waals surface area contributed by atoms with Gasteiger partial charge in [0, 0.05) is 18.0 Å². The van der Waals surface area contributed by atoms with Crippen LogP contribution in [0.15, 0.2) is 72.8 Å². The number of aliphatic carboxylic acids is 2. The molecule has 0 saturated heterocycles. The van der Waals surface area contributed by atoms with E-state index in [4.69, 9.17) is 0 Å². The van der Waals surface area contributed by atoms with Gasteiger partial charge >= 0.3 is 11.9 Å². The Morgan fingerprint density at radius 2 is 1.33 bits per heavy atom. The molecule has 1 saturated carbocycles. The molecule has 4 rings (SSSR count). The molecule has 0 aliphatic heterocycles. The maximum Gasteiger partial charge on any atom is 0.306 e. The van der Waals surface area contributed by atoms with Crippen molar-refractivity contribution in [3.63, 3.8) is 0 Å². The SMILES string of the molecule is O=C(O)C1CC(C(=O)O)CC(C(=O)NC(Cc2ccccc2)C(=O)Nc2ccc3ccccc3c2)C1. The van der Waals surface area contributed by atoms with Crippen molar-refractivity contribution in [3.05, 3.63) is 78.4 Å². The summed E-state index contributed by atoms with van der Waals surface area (Å²) in [5.74, 6) is -5.82. The molecule has 3 unspecified atom stereocenters. The Kier molecular flexibility index (Phi) is 7.63. The predicted molar refractivity (Wildman–Crippen MR) is 134 cm³/mol. The number of anilines is 1. The zero-order valence-corrected chi connectivity index (χ0v) is 19.6. The van der Waals surface area contributed by atoms with Gasteiger partial charge in [0.1, 0.15) is 6.04 Å². The van der Waals surface area contributed by atoms with Crippen molar-refractivity contribution in [2.45, 2.75) is 31.7 Å². The number of carbonyl (C=O) groups is 4. The number of amides is 2. The Morgan fingerprint density at radius 3 is 1.97 bits per heavy atom. The van der Waals surface area contributed by atoms with Crippen LogP contribution < -0.4 is 10.6 Å². The van der Waals surface area contributed by atoms with Gasteiger partial charge in [-0.2, -0.15) is 0 Å². The minimum absolute atomic E-state index is 0.00958. The van der Waals surface area contributed by atoms with Crippen LogP contribution in [0.25, 0.3) is 10.8 Å². The van der Waals surface area contributed by atoms with Crippen molar-refractivity contribution >= 4 is 40.2 Å². The topological polar surface area (TPSA) is 133 Å². The first-order valence-electron chi connectivity index (χ1n) is 11.9. The van der Waals surface area contributed by atoms with Gasteiger partial charge < -0.3 is 20.8 Å². The standard InChI is InChI=1S/C28H28N2O6/c31-25(20-13-21(27(33)34)15-22(14-20)28(35)36)30-24(12-17-6-2-1-3-7-17)26(32)29-23-11-10-18-8-4-5-9-19(18)16-23/h1-11,16,20-22,24H,12-15H2,(H,29,32)(H,30,31)(H,33,34)(H,35,36). The first-order chi connectivity index (χ1) is 17.3. The van der Waals surface area contributed by atoms with Crippen LogP contribution in [0.2, 0.25) is 0 Å². The maximum absolute atomic E-state index is 13.3. The van der Waals surface area contributed by atoms with Gasteiger partial charge in [-0.25, -0.2) is 0 Å². The number of benzene rings is 3. The first-order valence-corrected chi connectivity index (χ1v) is 11.9. The van der Waals surface area contributed by atoms with E-state index in [9.17, 15) is 29.4 Å². The number of carboxylic acids is 2. The lowest BCUT2D eigenvalue weighted by molar-refractivity contribution is -0.150. The van der Waals surface area contributed by atoms with Crippen LogP contribution in [0.3, 0.4) is 0 Å². The van der Waals surface area contributed by atoms with Gasteiger partial charge in [0.15, 0.2) is 0 Å². The first kappa shape index (κ1) is 24.9. The van der Waals surface area contributed by atoms with E-state index in [1.165, 1.54) is 0 Å². The third-order valence-corrected chi connectivity index (χ3v) is 6.71. The number of hydrogen-bond acceptors (Lipinski definition) is 4. The van der Waals surface area contributed by atoms with Crippen LogP contribution in [-0.4, -0.2) is 40.0 Å². The van der Waals surface area contributed by atoms with E-state index in [0.29, 0.717) is 5.69 Å².